The number of carbonyl (C=O) groups is 3. The van der Waals surface area contributed by atoms with E-state index in [1.165, 1.54) is 11.1 Å². The number of likely N-dealkylation sites (tertiary alicyclic amines) is 1. The van der Waals surface area contributed by atoms with Crippen molar-refractivity contribution < 1.29 is 19.1 Å². The number of hydrogen-bond donors (Lipinski definition) is 2. The quantitative estimate of drug-likeness (QED) is 0.407. The highest BCUT2D eigenvalue weighted by atomic mass is 35.5. The van der Waals surface area contributed by atoms with Gasteiger partial charge in [-0.15, -0.1) is 0 Å². The van der Waals surface area contributed by atoms with Crippen molar-refractivity contribution in [2.45, 2.75) is 31.9 Å². The molecule has 1 saturated heterocycles. The van der Waals surface area contributed by atoms with Gasteiger partial charge in [0.15, 0.2) is 0 Å². The minimum atomic E-state index is -0.738. The van der Waals surface area contributed by atoms with Crippen LogP contribution in [0.25, 0.3) is 11.1 Å². The minimum absolute atomic E-state index is 0.0573. The number of primary amides is 1. The van der Waals surface area contributed by atoms with Gasteiger partial charge < -0.3 is 20.7 Å². The molecule has 1 heterocycles. The molecule has 3 N–H and O–H groups in total. The molecule has 8 heteroatoms. The number of benzene rings is 3. The fourth-order valence-electron chi connectivity index (χ4n) is 4.03. The van der Waals surface area contributed by atoms with Gasteiger partial charge in [-0.1, -0.05) is 78.9 Å². The Morgan fingerprint density at radius 3 is 2.03 bits per heavy atom. The van der Waals surface area contributed by atoms with Crippen molar-refractivity contribution in [3.63, 3.8) is 0 Å². The summed E-state index contributed by atoms with van der Waals surface area (Å²) in [6, 6.07) is 27.6. The van der Waals surface area contributed by atoms with Crippen molar-refractivity contribution in [1.82, 2.24) is 10.2 Å². The first-order valence-corrected chi connectivity index (χ1v) is 12.6. The molecule has 0 bridgehead atoms. The number of rotatable bonds is 8. The van der Waals surface area contributed by atoms with Crippen LogP contribution in [0.2, 0.25) is 0 Å². The van der Waals surface area contributed by atoms with Gasteiger partial charge in [-0.25, -0.2) is 4.79 Å². The molecule has 0 unspecified atom stereocenters. The molecule has 2 amide bonds. The monoisotopic (exact) mass is 521 g/mol. The Morgan fingerprint density at radius 1 is 0.892 bits per heavy atom. The van der Waals surface area contributed by atoms with Gasteiger partial charge in [-0.3, -0.25) is 9.59 Å². The maximum atomic E-state index is 12.0. The summed E-state index contributed by atoms with van der Waals surface area (Å²) in [5, 5.41) is 2.32. The molecular weight excluding hydrogens is 490 g/mol. The predicted octanol–water partition coefficient (Wildman–Crippen LogP) is 4.99. The molecule has 1 aliphatic rings. The van der Waals surface area contributed by atoms with E-state index in [1.54, 1.807) is 18.2 Å². The second-order valence-corrected chi connectivity index (χ2v) is 9.05. The van der Waals surface area contributed by atoms with E-state index in [1.807, 2.05) is 18.2 Å². The summed E-state index contributed by atoms with van der Waals surface area (Å²) in [5.41, 5.74) is 8.80. The zero-order chi connectivity index (χ0) is 26.5. The fraction of sp³-hybridized carbons (Fsp3) is 0.276. The van der Waals surface area contributed by atoms with Gasteiger partial charge in [0.1, 0.15) is 6.10 Å². The Morgan fingerprint density at radius 2 is 1.49 bits per heavy atom. The lowest BCUT2D eigenvalue weighted by Gasteiger charge is -2.30. The highest BCUT2D eigenvalue weighted by molar-refractivity contribution is 6.67. The van der Waals surface area contributed by atoms with Gasteiger partial charge >= 0.3 is 6.09 Å². The third-order valence-corrected chi connectivity index (χ3v) is 6.22. The Hall–Kier alpha value is -3.68. The van der Waals surface area contributed by atoms with Crippen molar-refractivity contribution in [3.05, 3.63) is 96.1 Å². The summed E-state index contributed by atoms with van der Waals surface area (Å²) in [6.07, 6.45) is 0.973. The number of piperidine rings is 1. The molecular formula is C29H32ClN3O4. The van der Waals surface area contributed by atoms with E-state index in [0.29, 0.717) is 25.1 Å². The summed E-state index contributed by atoms with van der Waals surface area (Å²) < 4.78 is 4.98. The average Bonchev–Trinajstić information content (AvgIpc) is 2.93. The van der Waals surface area contributed by atoms with Crippen LogP contribution >= 0.6 is 11.6 Å². The number of halogens is 1. The number of amides is 2. The molecule has 1 aliphatic heterocycles. The normalized spacial score (nSPS) is 13.6. The van der Waals surface area contributed by atoms with E-state index in [9.17, 15) is 14.4 Å². The fourth-order valence-corrected chi connectivity index (χ4v) is 4.15. The second-order valence-electron chi connectivity index (χ2n) is 8.71. The largest absolute Gasteiger partial charge is 0.446 e. The maximum Gasteiger partial charge on any atom is 0.404 e. The van der Waals surface area contributed by atoms with E-state index in [2.05, 4.69) is 58.7 Å². The Labute approximate surface area is 222 Å². The number of nitrogens with zero attached hydrogens (tertiary/aromatic N) is 1. The predicted molar refractivity (Wildman–Crippen MR) is 145 cm³/mol. The summed E-state index contributed by atoms with van der Waals surface area (Å²) >= 11 is 5.45. The van der Waals surface area contributed by atoms with Gasteiger partial charge in [0.2, 0.25) is 5.91 Å². The third kappa shape index (κ3) is 10.1. The molecule has 194 valence electrons. The molecule has 0 aromatic heterocycles. The minimum Gasteiger partial charge on any atom is -0.446 e. The van der Waals surface area contributed by atoms with Crippen LogP contribution in [0.5, 0.6) is 0 Å². The van der Waals surface area contributed by atoms with E-state index >= 15 is 0 Å². The summed E-state index contributed by atoms with van der Waals surface area (Å²) in [6.45, 7) is 2.54. The van der Waals surface area contributed by atoms with Crippen LogP contribution in [0.4, 0.5) is 4.79 Å². The lowest BCUT2D eigenvalue weighted by Crippen LogP contribution is -2.40. The number of hydrogen-bond acceptors (Lipinski definition) is 5. The molecule has 3 aromatic rings. The number of ether oxygens (including phenoxy) is 1. The molecule has 0 aliphatic carbocycles. The molecule has 1 fully saturated rings. The van der Waals surface area contributed by atoms with Gasteiger partial charge in [-0.05, 0) is 47.2 Å². The van der Waals surface area contributed by atoms with Crippen LogP contribution in [0.3, 0.4) is 0 Å². The molecule has 37 heavy (non-hydrogen) atoms. The number of carbonyl (C=O) groups excluding carboxylic acids is 3. The first-order chi connectivity index (χ1) is 17.9. The summed E-state index contributed by atoms with van der Waals surface area (Å²) in [4.78, 5) is 36.0. The molecule has 7 nitrogen and oxygen atoms in total. The Balaban J connectivity index is 0.000000262. The van der Waals surface area contributed by atoms with E-state index < -0.39 is 11.3 Å². The lowest BCUT2D eigenvalue weighted by molar-refractivity contribution is -0.121. The molecule has 0 spiro atoms. The van der Waals surface area contributed by atoms with Crippen molar-refractivity contribution in [2.75, 3.05) is 19.6 Å². The van der Waals surface area contributed by atoms with Crippen molar-refractivity contribution >= 4 is 28.8 Å². The molecule has 0 atom stereocenters. The van der Waals surface area contributed by atoms with Gasteiger partial charge in [0.05, 0.1) is 0 Å². The summed E-state index contributed by atoms with van der Waals surface area (Å²) in [7, 11) is 0. The first-order valence-electron chi connectivity index (χ1n) is 12.2. The second kappa shape index (κ2) is 14.8. The van der Waals surface area contributed by atoms with Crippen LogP contribution in [0.1, 0.15) is 35.2 Å². The van der Waals surface area contributed by atoms with E-state index in [0.717, 1.165) is 31.5 Å². The molecule has 0 radical (unpaired) electrons. The first kappa shape index (κ1) is 27.9. The zero-order valence-electron chi connectivity index (χ0n) is 20.6. The van der Waals surface area contributed by atoms with Crippen LogP contribution in [0.15, 0.2) is 84.9 Å². The van der Waals surface area contributed by atoms with E-state index in [4.69, 9.17) is 22.1 Å². The number of nitrogens with one attached hydrogen (secondary N) is 1. The van der Waals surface area contributed by atoms with Crippen LogP contribution < -0.4 is 11.1 Å². The maximum absolute atomic E-state index is 12.0. The van der Waals surface area contributed by atoms with Gasteiger partial charge in [0.25, 0.3) is 5.24 Å². The molecule has 0 saturated carbocycles. The molecule has 3 aromatic carbocycles. The topological polar surface area (TPSA) is 102 Å². The highest BCUT2D eigenvalue weighted by Crippen LogP contribution is 2.17. The zero-order valence-corrected chi connectivity index (χ0v) is 21.4. The Kier molecular flexibility index (Phi) is 11.1. The highest BCUT2D eigenvalue weighted by Gasteiger charge is 2.21. The van der Waals surface area contributed by atoms with Gasteiger partial charge in [-0.2, -0.15) is 0 Å². The van der Waals surface area contributed by atoms with Crippen molar-refractivity contribution in [3.8, 4) is 11.1 Å². The number of nitrogens with two attached hydrogens (primary N) is 1. The van der Waals surface area contributed by atoms with Crippen molar-refractivity contribution in [1.29, 1.82) is 0 Å². The SMILES string of the molecule is NC(=O)OC1CCN(CCC(=O)NCc2cccc(C(=O)Cl)c2)CC1.c1ccc(-c2ccccc2)cc1. The third-order valence-electron chi connectivity index (χ3n) is 6.00. The Bertz CT molecular complexity index is 1110. The van der Waals surface area contributed by atoms with Gasteiger partial charge in [0, 0.05) is 38.2 Å². The van der Waals surface area contributed by atoms with Crippen LogP contribution in [0, 0.1) is 0 Å². The molecule has 4 rings (SSSR count). The standard InChI is InChI=1S/C17H22ClN3O4.C12H10/c18-16(23)13-3-1-2-12(10-13)11-20-15(22)6-9-21-7-4-14(5-8-21)25-17(19)24;1-3-7-11(8-4-1)12-9-5-2-6-10-12/h1-3,10,14H,4-9,11H2,(H2,19,24)(H,20,22);1-10H. The van der Waals surface area contributed by atoms with Crippen molar-refractivity contribution in [2.24, 2.45) is 5.73 Å². The summed E-state index contributed by atoms with van der Waals surface area (Å²) in [5.74, 6) is -0.0573. The van der Waals surface area contributed by atoms with E-state index in [-0.39, 0.29) is 12.0 Å². The van der Waals surface area contributed by atoms with Crippen LogP contribution in [-0.4, -0.2) is 47.9 Å². The lowest BCUT2D eigenvalue weighted by atomic mass is 10.1. The van der Waals surface area contributed by atoms with Crippen LogP contribution in [-0.2, 0) is 16.1 Å². The average molecular weight is 522 g/mol. The smallest absolute Gasteiger partial charge is 0.404 e.